The topological polar surface area (TPSA) is 50.5 Å². The molecule has 0 atom stereocenters. The number of furan rings is 1. The Morgan fingerprint density at radius 2 is 1.84 bits per heavy atom. The maximum atomic E-state index is 12.7. The second-order valence-corrected chi connectivity index (χ2v) is 7.38. The van der Waals surface area contributed by atoms with Crippen molar-refractivity contribution in [3.05, 3.63) is 17.1 Å². The molecule has 0 radical (unpaired) electrons. The number of hydrogen-bond donors (Lipinski definition) is 0. The average Bonchev–Trinajstić information content (AvgIpc) is 2.64. The zero-order chi connectivity index (χ0) is 14.2. The molecule has 1 saturated heterocycles. The van der Waals surface area contributed by atoms with E-state index < -0.39 is 10.0 Å². The Labute approximate surface area is 119 Å². The van der Waals surface area contributed by atoms with E-state index in [1.807, 2.05) is 0 Å². The van der Waals surface area contributed by atoms with Crippen molar-refractivity contribution < 1.29 is 12.8 Å². The minimum absolute atomic E-state index is 0.155. The van der Waals surface area contributed by atoms with Crippen molar-refractivity contribution in [3.63, 3.8) is 0 Å². The number of piperidine rings is 1. The van der Waals surface area contributed by atoms with Crippen LogP contribution in [-0.2, 0) is 15.9 Å². The maximum absolute atomic E-state index is 12.7. The fourth-order valence-corrected chi connectivity index (χ4v) is 4.84. The zero-order valence-electron chi connectivity index (χ0n) is 11.6. The molecular weight excluding hydrogens is 286 g/mol. The molecular formula is C13H20ClNO3S. The molecule has 0 saturated carbocycles. The summed E-state index contributed by atoms with van der Waals surface area (Å²) in [5.41, 5.74) is 0.595. The van der Waals surface area contributed by atoms with E-state index in [1.54, 1.807) is 18.2 Å². The minimum Gasteiger partial charge on any atom is -0.465 e. The summed E-state index contributed by atoms with van der Waals surface area (Å²) in [4.78, 5) is 0.273. The smallest absolute Gasteiger partial charge is 0.246 e. The summed E-state index contributed by atoms with van der Waals surface area (Å²) in [6.07, 6.45) is 1.82. The van der Waals surface area contributed by atoms with Gasteiger partial charge >= 0.3 is 0 Å². The highest BCUT2D eigenvalue weighted by molar-refractivity contribution is 7.89. The van der Waals surface area contributed by atoms with Crippen LogP contribution in [0.5, 0.6) is 0 Å². The lowest BCUT2D eigenvalue weighted by Crippen LogP contribution is -2.38. The summed E-state index contributed by atoms with van der Waals surface area (Å²) in [6.45, 7) is 6.75. The van der Waals surface area contributed by atoms with Gasteiger partial charge in [-0.1, -0.05) is 6.92 Å². The highest BCUT2D eigenvalue weighted by Gasteiger charge is 2.33. The average molecular weight is 306 g/mol. The van der Waals surface area contributed by atoms with Gasteiger partial charge in [-0.25, -0.2) is 8.42 Å². The van der Waals surface area contributed by atoms with Gasteiger partial charge in [-0.2, -0.15) is 4.31 Å². The first-order chi connectivity index (χ1) is 8.87. The molecule has 1 aromatic heterocycles. The van der Waals surface area contributed by atoms with Gasteiger partial charge in [0.05, 0.1) is 5.88 Å². The van der Waals surface area contributed by atoms with E-state index in [4.69, 9.17) is 16.0 Å². The molecule has 1 aliphatic rings. The third-order valence-corrected chi connectivity index (χ3v) is 6.16. The first-order valence-corrected chi connectivity index (χ1v) is 8.50. The van der Waals surface area contributed by atoms with Gasteiger partial charge in [-0.15, -0.1) is 11.6 Å². The Morgan fingerprint density at radius 3 is 2.37 bits per heavy atom. The van der Waals surface area contributed by atoms with Crippen molar-refractivity contribution >= 4 is 21.6 Å². The largest absolute Gasteiger partial charge is 0.465 e. The highest BCUT2D eigenvalue weighted by atomic mass is 35.5. The molecule has 4 nitrogen and oxygen atoms in total. The number of sulfonamides is 1. The number of rotatable bonds is 3. The van der Waals surface area contributed by atoms with Crippen LogP contribution in [0.2, 0.25) is 0 Å². The van der Waals surface area contributed by atoms with E-state index in [1.165, 1.54) is 0 Å². The number of nitrogens with zero attached hydrogens (tertiary/aromatic N) is 1. The van der Waals surface area contributed by atoms with Gasteiger partial charge in [0.2, 0.25) is 10.0 Å². The molecule has 0 amide bonds. The summed E-state index contributed by atoms with van der Waals surface area (Å²) in [5.74, 6) is 1.77. The predicted molar refractivity (Wildman–Crippen MR) is 74.9 cm³/mol. The Morgan fingerprint density at radius 1 is 1.26 bits per heavy atom. The SMILES string of the molecule is Cc1oc(C)c(S(=O)(=O)N2CCC(C)CC2)c1CCl. The third kappa shape index (κ3) is 2.69. The van der Waals surface area contributed by atoms with Crippen LogP contribution in [-0.4, -0.2) is 25.8 Å². The molecule has 6 heteroatoms. The monoisotopic (exact) mass is 305 g/mol. The second kappa shape index (κ2) is 5.46. The highest BCUT2D eigenvalue weighted by Crippen LogP contribution is 2.32. The van der Waals surface area contributed by atoms with Gasteiger partial charge in [0.15, 0.2) is 0 Å². The minimum atomic E-state index is -3.48. The first kappa shape index (κ1) is 14.9. The fraction of sp³-hybridized carbons (Fsp3) is 0.692. The maximum Gasteiger partial charge on any atom is 0.246 e. The van der Waals surface area contributed by atoms with Gasteiger partial charge in [-0.05, 0) is 32.6 Å². The second-order valence-electron chi connectivity index (χ2n) is 5.24. The van der Waals surface area contributed by atoms with Crippen LogP contribution in [0.15, 0.2) is 9.31 Å². The lowest BCUT2D eigenvalue weighted by molar-refractivity contribution is 0.287. The van der Waals surface area contributed by atoms with E-state index in [-0.39, 0.29) is 10.8 Å². The summed E-state index contributed by atoms with van der Waals surface area (Å²) < 4.78 is 32.4. The van der Waals surface area contributed by atoms with E-state index in [9.17, 15) is 8.42 Å². The van der Waals surface area contributed by atoms with Crippen molar-refractivity contribution in [3.8, 4) is 0 Å². The molecule has 2 heterocycles. The molecule has 0 spiro atoms. The zero-order valence-corrected chi connectivity index (χ0v) is 13.1. The molecule has 0 N–H and O–H groups in total. The van der Waals surface area contributed by atoms with Crippen LogP contribution < -0.4 is 0 Å². The van der Waals surface area contributed by atoms with Gasteiger partial charge in [0.25, 0.3) is 0 Å². The molecule has 1 fully saturated rings. The summed E-state index contributed by atoms with van der Waals surface area (Å²) >= 11 is 5.88. The van der Waals surface area contributed by atoms with Crippen molar-refractivity contribution in [2.45, 2.75) is 44.4 Å². The van der Waals surface area contributed by atoms with Gasteiger partial charge < -0.3 is 4.42 Å². The van der Waals surface area contributed by atoms with Gasteiger partial charge in [-0.3, -0.25) is 0 Å². The summed E-state index contributed by atoms with van der Waals surface area (Å²) in [6, 6.07) is 0. The molecule has 19 heavy (non-hydrogen) atoms. The molecule has 0 aliphatic carbocycles. The van der Waals surface area contributed by atoms with Crippen molar-refractivity contribution in [2.24, 2.45) is 5.92 Å². The first-order valence-electron chi connectivity index (χ1n) is 6.53. The fourth-order valence-electron chi connectivity index (χ4n) is 2.56. The number of alkyl halides is 1. The van der Waals surface area contributed by atoms with Gasteiger partial charge in [0, 0.05) is 18.7 Å². The number of aryl methyl sites for hydroxylation is 2. The quantitative estimate of drug-likeness (QED) is 0.806. The van der Waals surface area contributed by atoms with E-state index in [2.05, 4.69) is 6.92 Å². The van der Waals surface area contributed by atoms with Crippen molar-refractivity contribution in [1.29, 1.82) is 0 Å². The van der Waals surface area contributed by atoms with Crippen LogP contribution >= 0.6 is 11.6 Å². The molecule has 0 aromatic carbocycles. The van der Waals surface area contributed by atoms with Crippen LogP contribution in [0.3, 0.4) is 0 Å². The molecule has 0 bridgehead atoms. The lowest BCUT2D eigenvalue weighted by Gasteiger charge is -2.29. The Hall–Kier alpha value is -0.520. The van der Waals surface area contributed by atoms with Crippen LogP contribution in [0.25, 0.3) is 0 Å². The summed E-state index contributed by atoms with van der Waals surface area (Å²) in [5, 5.41) is 0. The number of halogens is 1. The summed E-state index contributed by atoms with van der Waals surface area (Å²) in [7, 11) is -3.48. The number of hydrogen-bond acceptors (Lipinski definition) is 3. The van der Waals surface area contributed by atoms with E-state index >= 15 is 0 Å². The lowest BCUT2D eigenvalue weighted by atomic mass is 10.0. The van der Waals surface area contributed by atoms with Gasteiger partial charge in [0.1, 0.15) is 16.4 Å². The van der Waals surface area contributed by atoms with Crippen LogP contribution in [0.1, 0.15) is 36.8 Å². The Bertz CT molecular complexity index is 557. The Kier molecular flexibility index (Phi) is 4.28. The normalized spacial score (nSPS) is 18.9. The van der Waals surface area contributed by atoms with E-state index in [0.29, 0.717) is 36.1 Å². The predicted octanol–water partition coefficient (Wildman–Crippen LogP) is 3.06. The standard InChI is InChI=1S/C13H20ClNO3S/c1-9-4-6-15(7-5-9)19(16,17)13-11(3)18-10(2)12(13)8-14/h9H,4-8H2,1-3H3. The molecule has 2 rings (SSSR count). The third-order valence-electron chi connectivity index (χ3n) is 3.80. The molecule has 1 aliphatic heterocycles. The van der Waals surface area contributed by atoms with E-state index in [0.717, 1.165) is 12.8 Å². The molecule has 108 valence electrons. The van der Waals surface area contributed by atoms with Crippen LogP contribution in [0.4, 0.5) is 0 Å². The molecule has 0 unspecified atom stereocenters. The van der Waals surface area contributed by atoms with Crippen molar-refractivity contribution in [2.75, 3.05) is 13.1 Å². The van der Waals surface area contributed by atoms with Crippen LogP contribution in [0, 0.1) is 19.8 Å². The molecule has 1 aromatic rings. The van der Waals surface area contributed by atoms with Crippen molar-refractivity contribution in [1.82, 2.24) is 4.31 Å². The Balaban J connectivity index is 2.40.